The molecule has 1 fully saturated rings. The maximum absolute atomic E-state index is 6.41. The summed E-state index contributed by atoms with van der Waals surface area (Å²) in [6.45, 7) is 0. The largest absolute Gasteiger partial charge is 0.459 e. The minimum atomic E-state index is -0.179. The summed E-state index contributed by atoms with van der Waals surface area (Å²) >= 11 is 9.30. The molecular formula is C26H23BrN4OS. The van der Waals surface area contributed by atoms with E-state index in [9.17, 15) is 0 Å². The van der Waals surface area contributed by atoms with Crippen molar-refractivity contribution in [3.63, 3.8) is 0 Å². The first kappa shape index (κ1) is 21.7. The molecule has 0 spiro atoms. The van der Waals surface area contributed by atoms with Gasteiger partial charge in [0.05, 0.1) is 11.7 Å². The molecule has 166 valence electrons. The van der Waals surface area contributed by atoms with Crippen LogP contribution in [0.15, 0.2) is 93.9 Å². The lowest BCUT2D eigenvalue weighted by molar-refractivity contribution is 0.439. The number of nitrogens with zero attached hydrogens (tertiary/aromatic N) is 3. The van der Waals surface area contributed by atoms with Crippen molar-refractivity contribution in [3.8, 4) is 11.3 Å². The summed E-state index contributed by atoms with van der Waals surface area (Å²) in [6, 6.07) is 26.1. The fourth-order valence-corrected chi connectivity index (χ4v) is 4.72. The van der Waals surface area contributed by atoms with Gasteiger partial charge in [-0.1, -0.05) is 34.1 Å². The van der Waals surface area contributed by atoms with Gasteiger partial charge < -0.3 is 19.5 Å². The van der Waals surface area contributed by atoms with Crippen molar-refractivity contribution < 1.29 is 4.42 Å². The predicted molar refractivity (Wildman–Crippen MR) is 141 cm³/mol. The van der Waals surface area contributed by atoms with Crippen molar-refractivity contribution in [2.75, 3.05) is 23.9 Å². The quantitative estimate of drug-likeness (QED) is 0.310. The maximum atomic E-state index is 6.41. The number of benzene rings is 2. The molecule has 1 N–H and O–H groups in total. The van der Waals surface area contributed by atoms with Crippen molar-refractivity contribution >= 4 is 44.6 Å². The SMILES string of the molecule is CN(C)c1ccc(N2C(=S)N[C@H](c3ccccn3)[C@@H]2c2ccc(-c3ccc(Br)cc3)o2)cc1. The van der Waals surface area contributed by atoms with Crippen LogP contribution in [0.1, 0.15) is 23.5 Å². The number of nitrogens with one attached hydrogen (secondary N) is 1. The third-order valence-electron chi connectivity index (χ3n) is 5.79. The molecule has 2 aromatic heterocycles. The van der Waals surface area contributed by atoms with Crippen molar-refractivity contribution in [3.05, 3.63) is 101 Å². The van der Waals surface area contributed by atoms with E-state index >= 15 is 0 Å². The fraction of sp³-hybridized carbons (Fsp3) is 0.154. The number of aromatic nitrogens is 1. The number of pyridine rings is 1. The Hall–Kier alpha value is -3.16. The van der Waals surface area contributed by atoms with Gasteiger partial charge in [-0.2, -0.15) is 0 Å². The maximum Gasteiger partial charge on any atom is 0.174 e. The second kappa shape index (κ2) is 9.00. The molecule has 0 aliphatic carbocycles. The molecule has 5 rings (SSSR count). The fourth-order valence-electron chi connectivity index (χ4n) is 4.11. The summed E-state index contributed by atoms with van der Waals surface area (Å²) in [6.07, 6.45) is 1.81. The monoisotopic (exact) mass is 518 g/mol. The first-order chi connectivity index (χ1) is 16.0. The van der Waals surface area contributed by atoms with Crippen LogP contribution >= 0.6 is 28.1 Å². The molecule has 0 unspecified atom stereocenters. The molecular weight excluding hydrogens is 496 g/mol. The summed E-state index contributed by atoms with van der Waals surface area (Å²) in [5.41, 5.74) is 4.07. The van der Waals surface area contributed by atoms with Crippen LogP contribution < -0.4 is 15.1 Å². The molecule has 2 atom stereocenters. The number of furan rings is 1. The van der Waals surface area contributed by atoms with Gasteiger partial charge in [-0.15, -0.1) is 0 Å². The van der Waals surface area contributed by atoms with Gasteiger partial charge in [-0.25, -0.2) is 0 Å². The van der Waals surface area contributed by atoms with E-state index in [0.717, 1.165) is 38.6 Å². The second-order valence-corrected chi connectivity index (χ2v) is 9.42. The van der Waals surface area contributed by atoms with E-state index < -0.39 is 0 Å². The van der Waals surface area contributed by atoms with Crippen molar-refractivity contribution in [2.45, 2.75) is 12.1 Å². The Bertz CT molecular complexity index is 1260. The number of thiocarbonyl (C=S) groups is 1. The molecule has 0 bridgehead atoms. The predicted octanol–water partition coefficient (Wildman–Crippen LogP) is 6.35. The van der Waals surface area contributed by atoms with Crippen molar-refractivity contribution in [2.24, 2.45) is 0 Å². The molecule has 33 heavy (non-hydrogen) atoms. The molecule has 0 amide bonds. The molecule has 1 aliphatic rings. The number of halogens is 1. The van der Waals surface area contributed by atoms with Gasteiger partial charge in [-0.05, 0) is 72.9 Å². The lowest BCUT2D eigenvalue weighted by Crippen LogP contribution is -2.29. The lowest BCUT2D eigenvalue weighted by Gasteiger charge is -2.26. The van der Waals surface area contributed by atoms with Crippen LogP contribution in [-0.2, 0) is 0 Å². The van der Waals surface area contributed by atoms with E-state index in [0.29, 0.717) is 5.11 Å². The highest BCUT2D eigenvalue weighted by atomic mass is 79.9. The normalized spacial score (nSPS) is 17.8. The molecule has 3 heterocycles. The zero-order valence-corrected chi connectivity index (χ0v) is 20.7. The van der Waals surface area contributed by atoms with Gasteiger partial charge in [0.2, 0.25) is 0 Å². The van der Waals surface area contributed by atoms with Crippen LogP contribution in [0.25, 0.3) is 11.3 Å². The Morgan fingerprint density at radius 3 is 2.39 bits per heavy atom. The van der Waals surface area contributed by atoms with E-state index in [4.69, 9.17) is 16.6 Å². The number of hydrogen-bond donors (Lipinski definition) is 1. The Morgan fingerprint density at radius 2 is 1.73 bits per heavy atom. The first-order valence-corrected chi connectivity index (χ1v) is 11.8. The van der Waals surface area contributed by atoms with Gasteiger partial charge in [0, 0.05) is 41.7 Å². The van der Waals surface area contributed by atoms with Crippen molar-refractivity contribution in [1.82, 2.24) is 10.3 Å². The average Bonchev–Trinajstić information content (AvgIpc) is 3.45. The zero-order chi connectivity index (χ0) is 22.9. The molecule has 4 aromatic rings. The molecule has 1 aliphatic heterocycles. The number of rotatable bonds is 5. The minimum absolute atomic E-state index is 0.142. The Balaban J connectivity index is 1.57. The van der Waals surface area contributed by atoms with Crippen LogP contribution in [0, 0.1) is 0 Å². The van der Waals surface area contributed by atoms with E-state index in [1.807, 2.05) is 68.7 Å². The zero-order valence-electron chi connectivity index (χ0n) is 18.3. The van der Waals surface area contributed by atoms with Crippen molar-refractivity contribution in [1.29, 1.82) is 0 Å². The van der Waals surface area contributed by atoms with Gasteiger partial charge >= 0.3 is 0 Å². The molecule has 0 radical (unpaired) electrons. The summed E-state index contributed by atoms with van der Waals surface area (Å²) in [5.74, 6) is 1.64. The van der Waals surface area contributed by atoms with E-state index in [2.05, 4.69) is 60.3 Å². The standard InChI is InChI=1S/C26H23BrN4OS/c1-30(2)19-10-12-20(13-11-19)31-25(24(29-26(31)33)21-5-3-4-16-28-21)23-15-14-22(32-23)17-6-8-18(27)9-7-17/h3-16,24-25H,1-2H3,(H,29,33)/t24-,25+/m1/s1. The Morgan fingerprint density at radius 1 is 0.970 bits per heavy atom. The minimum Gasteiger partial charge on any atom is -0.459 e. The smallest absolute Gasteiger partial charge is 0.174 e. The topological polar surface area (TPSA) is 44.5 Å². The number of anilines is 2. The second-order valence-electron chi connectivity index (χ2n) is 8.12. The van der Waals surface area contributed by atoms with Gasteiger partial charge in [0.15, 0.2) is 5.11 Å². The van der Waals surface area contributed by atoms with Crippen LogP contribution in [0.3, 0.4) is 0 Å². The van der Waals surface area contributed by atoms with Crippen LogP contribution in [0.4, 0.5) is 11.4 Å². The van der Waals surface area contributed by atoms with E-state index in [1.54, 1.807) is 6.20 Å². The highest BCUT2D eigenvalue weighted by Crippen LogP contribution is 2.43. The summed E-state index contributed by atoms with van der Waals surface area (Å²) < 4.78 is 7.45. The van der Waals surface area contributed by atoms with Gasteiger partial charge in [-0.3, -0.25) is 4.98 Å². The summed E-state index contributed by atoms with van der Waals surface area (Å²) in [7, 11) is 4.06. The molecule has 2 aromatic carbocycles. The molecule has 5 nitrogen and oxygen atoms in total. The highest BCUT2D eigenvalue weighted by molar-refractivity contribution is 9.10. The van der Waals surface area contributed by atoms with Crippen LogP contribution in [0.5, 0.6) is 0 Å². The lowest BCUT2D eigenvalue weighted by atomic mass is 10.0. The third-order valence-corrected chi connectivity index (χ3v) is 6.63. The average molecular weight is 519 g/mol. The molecule has 0 saturated carbocycles. The van der Waals surface area contributed by atoms with Crippen LogP contribution in [0.2, 0.25) is 0 Å². The van der Waals surface area contributed by atoms with Crippen LogP contribution in [-0.4, -0.2) is 24.2 Å². The number of hydrogen-bond acceptors (Lipinski definition) is 4. The van der Waals surface area contributed by atoms with E-state index in [1.165, 1.54) is 0 Å². The highest BCUT2D eigenvalue weighted by Gasteiger charge is 2.42. The van der Waals surface area contributed by atoms with Gasteiger partial charge in [0.1, 0.15) is 17.6 Å². The molecule has 1 saturated heterocycles. The third kappa shape index (κ3) is 4.26. The summed E-state index contributed by atoms with van der Waals surface area (Å²) in [4.78, 5) is 8.81. The molecule has 7 heteroatoms. The Labute approximate surface area is 207 Å². The Kier molecular flexibility index (Phi) is 5.91. The first-order valence-electron chi connectivity index (χ1n) is 10.6. The van der Waals surface area contributed by atoms with Gasteiger partial charge in [0.25, 0.3) is 0 Å². The summed E-state index contributed by atoms with van der Waals surface area (Å²) in [5, 5.41) is 4.13. The van der Waals surface area contributed by atoms with E-state index in [-0.39, 0.29) is 12.1 Å².